The van der Waals surface area contributed by atoms with E-state index in [9.17, 15) is 5.11 Å². The van der Waals surface area contributed by atoms with Crippen LogP contribution >= 0.6 is 22.6 Å². The molecule has 0 saturated carbocycles. The summed E-state index contributed by atoms with van der Waals surface area (Å²) in [5, 5.41) is 9.92. The van der Waals surface area contributed by atoms with Gasteiger partial charge in [-0.15, -0.1) is 0 Å². The van der Waals surface area contributed by atoms with Crippen LogP contribution in [-0.2, 0) is 4.65 Å². The minimum atomic E-state index is -0.882. The van der Waals surface area contributed by atoms with Gasteiger partial charge in [-0.3, -0.25) is 0 Å². The van der Waals surface area contributed by atoms with E-state index in [1.54, 1.807) is 21.3 Å². The third-order valence-corrected chi connectivity index (χ3v) is 3.55. The van der Waals surface area contributed by atoms with Gasteiger partial charge in [-0.05, 0) is 62.4 Å². The van der Waals surface area contributed by atoms with Crippen LogP contribution in [0.3, 0.4) is 0 Å². The predicted octanol–water partition coefficient (Wildman–Crippen LogP) is 2.10. The van der Waals surface area contributed by atoms with Crippen molar-refractivity contribution in [1.82, 2.24) is 0 Å². The first-order chi connectivity index (χ1) is 7.22. The first kappa shape index (κ1) is 14.0. The lowest BCUT2D eigenvalue weighted by Crippen LogP contribution is -2.49. The maximum absolute atomic E-state index is 9.92. The Balaban J connectivity index is 2.61. The second kappa shape index (κ2) is 5.06. The molecule has 0 aromatic heterocycles. The summed E-state index contributed by atoms with van der Waals surface area (Å²) in [6, 6.07) is 8.02. The van der Waals surface area contributed by atoms with Crippen molar-refractivity contribution in [2.45, 2.75) is 38.9 Å². The Bertz CT molecular complexity index is 341. The largest absolute Gasteiger partial charge is 0.427 e. The highest BCUT2D eigenvalue weighted by Crippen LogP contribution is 2.24. The highest BCUT2D eigenvalue weighted by atomic mass is 127. The third kappa shape index (κ3) is 3.75. The molecule has 1 aromatic rings. The molecule has 16 heavy (non-hydrogen) atoms. The van der Waals surface area contributed by atoms with Crippen LogP contribution in [-0.4, -0.2) is 23.8 Å². The van der Waals surface area contributed by atoms with Crippen LogP contribution in [0.2, 0.25) is 0 Å². The minimum Gasteiger partial charge on any atom is -0.427 e. The van der Waals surface area contributed by atoms with Crippen molar-refractivity contribution in [3.05, 3.63) is 27.8 Å². The second-order valence-corrected chi connectivity index (χ2v) is 6.10. The average Bonchev–Trinajstić information content (AvgIpc) is 2.15. The Morgan fingerprint density at radius 3 is 2.06 bits per heavy atom. The van der Waals surface area contributed by atoms with Gasteiger partial charge in [-0.2, -0.15) is 0 Å². The molecule has 0 amide bonds. The van der Waals surface area contributed by atoms with Crippen molar-refractivity contribution >= 4 is 35.5 Å². The maximum atomic E-state index is 9.92. The zero-order valence-electron chi connectivity index (χ0n) is 10.1. The summed E-state index contributed by atoms with van der Waals surface area (Å²) in [6.07, 6.45) is 0. The predicted molar refractivity (Wildman–Crippen MR) is 76.0 cm³/mol. The number of benzene rings is 1. The van der Waals surface area contributed by atoms with Crippen LogP contribution in [0.1, 0.15) is 27.7 Å². The summed E-state index contributed by atoms with van der Waals surface area (Å²) in [7, 11) is 1.69. The average molecular weight is 331 g/mol. The van der Waals surface area contributed by atoms with E-state index < -0.39 is 11.2 Å². The topological polar surface area (TPSA) is 29.5 Å². The lowest BCUT2D eigenvalue weighted by molar-refractivity contribution is -0.0893. The van der Waals surface area contributed by atoms with Gasteiger partial charge in [-0.25, -0.2) is 0 Å². The van der Waals surface area contributed by atoms with E-state index in [0.29, 0.717) is 0 Å². The third-order valence-electron chi connectivity index (χ3n) is 2.83. The summed E-state index contributed by atoms with van der Waals surface area (Å²) >= 11 is 2.26. The number of aliphatic hydroxyl groups is 1. The van der Waals surface area contributed by atoms with E-state index in [-0.39, 0.29) is 0 Å². The monoisotopic (exact) mass is 331 g/mol. The molecule has 2 nitrogen and oxygen atoms in total. The fourth-order valence-electron chi connectivity index (χ4n) is 0.901. The second-order valence-electron chi connectivity index (χ2n) is 4.86. The van der Waals surface area contributed by atoms with Crippen molar-refractivity contribution in [3.8, 4) is 0 Å². The minimum absolute atomic E-state index is 0.615. The highest BCUT2D eigenvalue weighted by Gasteiger charge is 2.35. The fourth-order valence-corrected chi connectivity index (χ4v) is 1.26. The van der Waals surface area contributed by atoms with Gasteiger partial charge in [0, 0.05) is 3.57 Å². The molecule has 0 aliphatic carbocycles. The first-order valence-corrected chi connectivity index (χ1v) is 6.29. The molecule has 0 fully saturated rings. The van der Waals surface area contributed by atoms with E-state index in [4.69, 9.17) is 4.65 Å². The van der Waals surface area contributed by atoms with Crippen LogP contribution < -0.4 is 5.46 Å². The molecule has 1 N–H and O–H groups in total. The molecule has 0 unspecified atom stereocenters. The summed E-state index contributed by atoms with van der Waals surface area (Å²) < 4.78 is 6.83. The normalized spacial score (nSPS) is 12.6. The van der Waals surface area contributed by atoms with Gasteiger partial charge in [0.25, 0.3) is 0 Å². The zero-order chi connectivity index (χ0) is 12.4. The molecule has 87 valence electrons. The van der Waals surface area contributed by atoms with Gasteiger partial charge in [0.15, 0.2) is 0 Å². The Kier molecular flexibility index (Phi) is 4.43. The highest BCUT2D eigenvalue weighted by molar-refractivity contribution is 14.1. The molecule has 1 radical (unpaired) electrons. The van der Waals surface area contributed by atoms with Crippen molar-refractivity contribution in [2.24, 2.45) is 0 Å². The summed E-state index contributed by atoms with van der Waals surface area (Å²) in [5.41, 5.74) is -0.499. The molecular formula is C12H17BIO2. The molecule has 4 heteroatoms. The number of halogens is 1. The lowest BCUT2D eigenvalue weighted by Gasteiger charge is -2.37. The Morgan fingerprint density at radius 2 is 1.62 bits per heavy atom. The molecule has 0 bridgehead atoms. The summed E-state index contributed by atoms with van der Waals surface area (Å²) in [6.45, 7) is 7.23. The van der Waals surface area contributed by atoms with Gasteiger partial charge < -0.3 is 9.76 Å². The number of hydrogen-bond acceptors (Lipinski definition) is 2. The summed E-state index contributed by atoms with van der Waals surface area (Å²) in [5.74, 6) is 0. The Labute approximate surface area is 112 Å². The number of hydrogen-bond donors (Lipinski definition) is 1. The molecule has 0 aliphatic rings. The SMILES string of the molecule is CC(C)(O)C(C)(C)O[B]c1ccc(I)cc1. The molecular weight excluding hydrogens is 314 g/mol. The molecule has 0 spiro atoms. The Hall–Kier alpha value is -0.0651. The maximum Gasteiger partial charge on any atom is 0.330 e. The zero-order valence-corrected chi connectivity index (χ0v) is 12.3. The molecule has 0 atom stereocenters. The van der Waals surface area contributed by atoms with Gasteiger partial charge in [0.2, 0.25) is 0 Å². The fraction of sp³-hybridized carbons (Fsp3) is 0.500. The van der Waals surface area contributed by atoms with Crippen molar-refractivity contribution in [2.75, 3.05) is 0 Å². The van der Waals surface area contributed by atoms with Crippen LogP contribution in [0, 0.1) is 3.57 Å². The lowest BCUT2D eigenvalue weighted by atomic mass is 9.83. The van der Waals surface area contributed by atoms with Crippen LogP contribution in [0.15, 0.2) is 24.3 Å². The van der Waals surface area contributed by atoms with Crippen molar-refractivity contribution < 1.29 is 9.76 Å². The standard InChI is InChI=1S/C12H17BIO2/c1-11(2,15)12(3,4)16-13-9-5-7-10(14)8-6-9/h5-8,15H,1-4H3. The van der Waals surface area contributed by atoms with Gasteiger partial charge in [0.1, 0.15) is 0 Å². The molecule has 0 saturated heterocycles. The van der Waals surface area contributed by atoms with E-state index >= 15 is 0 Å². The molecule has 1 aromatic carbocycles. The van der Waals surface area contributed by atoms with E-state index in [0.717, 1.165) is 5.46 Å². The van der Waals surface area contributed by atoms with E-state index in [1.807, 2.05) is 38.1 Å². The smallest absolute Gasteiger partial charge is 0.330 e. The van der Waals surface area contributed by atoms with E-state index in [1.165, 1.54) is 3.57 Å². The quantitative estimate of drug-likeness (QED) is 0.676. The molecule has 0 aliphatic heterocycles. The van der Waals surface area contributed by atoms with Gasteiger partial charge in [-0.1, -0.05) is 17.6 Å². The van der Waals surface area contributed by atoms with Crippen molar-refractivity contribution in [1.29, 1.82) is 0 Å². The Morgan fingerprint density at radius 1 is 1.12 bits per heavy atom. The van der Waals surface area contributed by atoms with Crippen molar-refractivity contribution in [3.63, 3.8) is 0 Å². The van der Waals surface area contributed by atoms with Crippen LogP contribution in [0.5, 0.6) is 0 Å². The van der Waals surface area contributed by atoms with Gasteiger partial charge >= 0.3 is 7.48 Å². The first-order valence-electron chi connectivity index (χ1n) is 5.21. The molecule has 1 rings (SSSR count). The van der Waals surface area contributed by atoms with Crippen LogP contribution in [0.25, 0.3) is 0 Å². The molecule has 0 heterocycles. The van der Waals surface area contributed by atoms with Gasteiger partial charge in [0.05, 0.1) is 11.2 Å². The van der Waals surface area contributed by atoms with Crippen LogP contribution in [0.4, 0.5) is 0 Å². The van der Waals surface area contributed by atoms with E-state index in [2.05, 4.69) is 22.6 Å². The summed E-state index contributed by atoms with van der Waals surface area (Å²) in [4.78, 5) is 0. The number of rotatable bonds is 4.